The Balaban J connectivity index is 1.75. The summed E-state index contributed by atoms with van der Waals surface area (Å²) in [5.41, 5.74) is 0.193. The van der Waals surface area contributed by atoms with Gasteiger partial charge in [-0.15, -0.1) is 0 Å². The second-order valence-corrected chi connectivity index (χ2v) is 18.4. The number of carbonyl (C=O) groups excluding carboxylic acids is 6. The Hall–Kier alpha value is -6.16. The van der Waals surface area contributed by atoms with Crippen LogP contribution in [0.15, 0.2) is 91.0 Å². The van der Waals surface area contributed by atoms with E-state index in [1.807, 2.05) is 95.9 Å². The fourth-order valence-electron chi connectivity index (χ4n) is 6.24. The topological polar surface area (TPSA) is 206 Å². The minimum Gasteiger partial charge on any atom is -0.444 e. The molecule has 0 fully saturated rings. The molecule has 0 aliphatic carbocycles. The van der Waals surface area contributed by atoms with Gasteiger partial charge in [-0.1, -0.05) is 91.0 Å². The molecule has 16 nitrogen and oxygen atoms in total. The smallest absolute Gasteiger partial charge is 0.408 e. The summed E-state index contributed by atoms with van der Waals surface area (Å²) in [5, 5.41) is 16.9. The van der Waals surface area contributed by atoms with Crippen LogP contribution in [0.1, 0.15) is 79.0 Å². The van der Waals surface area contributed by atoms with Gasteiger partial charge < -0.3 is 46.1 Å². The van der Waals surface area contributed by atoms with E-state index in [1.54, 1.807) is 62.3 Å². The lowest BCUT2D eigenvalue weighted by molar-refractivity contribution is -0.123. The van der Waals surface area contributed by atoms with Gasteiger partial charge in [0.1, 0.15) is 34.9 Å². The Bertz CT molecular complexity index is 1710. The van der Waals surface area contributed by atoms with Gasteiger partial charge in [0.05, 0.1) is 0 Å². The maximum absolute atomic E-state index is 13.6. The molecular weight excluding hydrogens is 819 g/mol. The number of hydrogen-bond donors (Lipinski definition) is 6. The van der Waals surface area contributed by atoms with Crippen molar-refractivity contribution in [3.05, 3.63) is 108 Å². The van der Waals surface area contributed by atoms with E-state index in [-0.39, 0.29) is 58.5 Å². The third kappa shape index (κ3) is 22.3. The molecule has 0 saturated carbocycles. The zero-order chi connectivity index (χ0) is 47.3. The van der Waals surface area contributed by atoms with Crippen LogP contribution in [0.3, 0.4) is 0 Å². The van der Waals surface area contributed by atoms with Crippen LogP contribution in [-0.4, -0.2) is 115 Å². The van der Waals surface area contributed by atoms with Crippen molar-refractivity contribution in [2.24, 2.45) is 0 Å². The zero-order valence-electron chi connectivity index (χ0n) is 38.9. The number of carbonyl (C=O) groups is 6. The van der Waals surface area contributed by atoms with Crippen LogP contribution in [0.25, 0.3) is 0 Å². The van der Waals surface area contributed by atoms with E-state index in [9.17, 15) is 28.8 Å². The number of nitrogens with one attached hydrogen (secondary N) is 6. The minimum atomic E-state index is -0.942. The minimum absolute atomic E-state index is 0.148. The molecule has 3 rings (SSSR count). The van der Waals surface area contributed by atoms with Gasteiger partial charge in [-0.05, 0) is 79.0 Å². The summed E-state index contributed by atoms with van der Waals surface area (Å²) >= 11 is 0. The first-order chi connectivity index (χ1) is 30.0. The zero-order valence-corrected chi connectivity index (χ0v) is 38.9. The van der Waals surface area contributed by atoms with Gasteiger partial charge in [-0.3, -0.25) is 19.3 Å². The van der Waals surface area contributed by atoms with Crippen LogP contribution in [0.4, 0.5) is 14.4 Å². The quantitative estimate of drug-likeness (QED) is 0.0786. The second kappa shape index (κ2) is 25.2. The van der Waals surface area contributed by atoms with Crippen LogP contribution in [0.2, 0.25) is 0 Å². The molecule has 350 valence electrons. The maximum atomic E-state index is 13.6. The Morgan fingerprint density at radius 3 is 0.875 bits per heavy atom. The lowest BCUT2D eigenvalue weighted by Gasteiger charge is -2.26. The molecule has 3 aromatic carbocycles. The summed E-state index contributed by atoms with van der Waals surface area (Å²) in [7, 11) is 0. The average Bonchev–Trinajstić information content (AvgIpc) is 3.19. The molecule has 6 N–H and O–H groups in total. The highest BCUT2D eigenvalue weighted by Crippen LogP contribution is 2.12. The molecule has 3 aromatic rings. The van der Waals surface area contributed by atoms with Gasteiger partial charge in [-0.25, -0.2) is 14.4 Å². The first kappa shape index (κ1) is 52.2. The molecule has 0 heterocycles. The highest BCUT2D eigenvalue weighted by atomic mass is 16.6. The number of nitrogens with zero attached hydrogens (tertiary/aromatic N) is 1. The highest BCUT2D eigenvalue weighted by Gasteiger charge is 2.28. The average molecular weight is 888 g/mol. The number of hydrogen-bond acceptors (Lipinski definition) is 10. The monoisotopic (exact) mass is 888 g/mol. The summed E-state index contributed by atoms with van der Waals surface area (Å²) in [6.45, 7) is 16.9. The SMILES string of the molecule is CC(C)(C)OC(=O)N[C@@H](Cc1ccccc1)C(=O)NCCN(CCNC(=O)[C@H](Cc1ccccc1)NC(=O)OC(C)(C)C)CCNC(=O)[C@H](Cc1ccccc1)NC(=O)OC(C)(C)C. The fraction of sp³-hybridized carbons (Fsp3) is 0.500. The van der Waals surface area contributed by atoms with Crippen LogP contribution >= 0.6 is 0 Å². The van der Waals surface area contributed by atoms with Gasteiger partial charge >= 0.3 is 18.3 Å². The molecular formula is C48H69N7O9. The van der Waals surface area contributed by atoms with Crippen molar-refractivity contribution in [1.29, 1.82) is 0 Å². The number of ether oxygens (including phenoxy) is 3. The molecule has 0 unspecified atom stereocenters. The number of amides is 6. The van der Waals surface area contributed by atoms with Crippen molar-refractivity contribution < 1.29 is 43.0 Å². The van der Waals surface area contributed by atoms with Gasteiger partial charge in [0.15, 0.2) is 0 Å². The first-order valence-electron chi connectivity index (χ1n) is 21.7. The van der Waals surface area contributed by atoms with Gasteiger partial charge in [0, 0.05) is 58.5 Å². The van der Waals surface area contributed by atoms with Gasteiger partial charge in [0.25, 0.3) is 0 Å². The van der Waals surface area contributed by atoms with Crippen molar-refractivity contribution >= 4 is 36.0 Å². The lowest BCUT2D eigenvalue weighted by atomic mass is 10.1. The summed E-state index contributed by atoms with van der Waals surface area (Å²) in [6.07, 6.45) is -1.52. The number of alkyl carbamates (subject to hydrolysis) is 3. The normalized spacial score (nSPS) is 13.0. The van der Waals surface area contributed by atoms with Crippen molar-refractivity contribution in [2.75, 3.05) is 39.3 Å². The Morgan fingerprint density at radius 2 is 0.656 bits per heavy atom. The van der Waals surface area contributed by atoms with Gasteiger partial charge in [-0.2, -0.15) is 0 Å². The fourth-order valence-corrected chi connectivity index (χ4v) is 6.24. The van der Waals surface area contributed by atoms with Crippen molar-refractivity contribution in [2.45, 2.75) is 117 Å². The summed E-state index contributed by atoms with van der Waals surface area (Å²) in [5.74, 6) is -1.28. The standard InChI is InChI=1S/C48H69N7O9/c1-46(2,3)62-43(59)52-37(31-34-19-13-10-14-20-34)40(56)49-25-28-55(29-26-50-41(57)38(32-35-21-15-11-16-22-35)53-44(60)63-47(4,5)6)30-27-51-42(58)39(33-36-23-17-12-18-24-36)54-45(61)64-48(7,8)9/h10-24,37-39H,25-33H2,1-9H3,(H,49,56)(H,50,57)(H,51,58)(H,52,59)(H,53,60)(H,54,61)/t37-,38-,39-/m0/s1. The van der Waals surface area contributed by atoms with E-state index in [2.05, 4.69) is 31.9 Å². The van der Waals surface area contributed by atoms with Crippen molar-refractivity contribution in [3.63, 3.8) is 0 Å². The molecule has 0 aliphatic heterocycles. The van der Waals surface area contributed by atoms with Crippen molar-refractivity contribution in [3.8, 4) is 0 Å². The molecule has 6 amide bonds. The van der Waals surface area contributed by atoms with Crippen LogP contribution in [0.5, 0.6) is 0 Å². The third-order valence-electron chi connectivity index (χ3n) is 9.05. The molecule has 0 spiro atoms. The van der Waals surface area contributed by atoms with Crippen LogP contribution in [0, 0.1) is 0 Å². The summed E-state index contributed by atoms with van der Waals surface area (Å²) < 4.78 is 16.3. The molecule has 64 heavy (non-hydrogen) atoms. The van der Waals surface area contributed by atoms with E-state index in [0.717, 1.165) is 16.7 Å². The van der Waals surface area contributed by atoms with E-state index >= 15 is 0 Å². The molecule has 3 atom stereocenters. The predicted molar refractivity (Wildman–Crippen MR) is 245 cm³/mol. The largest absolute Gasteiger partial charge is 0.444 e. The van der Waals surface area contributed by atoms with Crippen molar-refractivity contribution in [1.82, 2.24) is 36.8 Å². The Morgan fingerprint density at radius 1 is 0.422 bits per heavy atom. The van der Waals surface area contributed by atoms with Crippen LogP contribution in [-0.2, 0) is 47.9 Å². The number of benzene rings is 3. The summed E-state index contributed by atoms with van der Waals surface area (Å²) in [6, 6.07) is 25.0. The molecule has 0 aromatic heterocycles. The molecule has 0 radical (unpaired) electrons. The second-order valence-electron chi connectivity index (χ2n) is 18.4. The van der Waals surface area contributed by atoms with E-state index in [0.29, 0.717) is 0 Å². The Labute approximate surface area is 378 Å². The molecule has 16 heteroatoms. The Kier molecular flexibility index (Phi) is 20.6. The highest BCUT2D eigenvalue weighted by molar-refractivity contribution is 5.87. The van der Waals surface area contributed by atoms with E-state index < -0.39 is 70.9 Å². The predicted octanol–water partition coefficient (Wildman–Crippen LogP) is 5.05. The van der Waals surface area contributed by atoms with Gasteiger partial charge in [0.2, 0.25) is 17.7 Å². The lowest BCUT2D eigenvalue weighted by Crippen LogP contribution is -2.52. The number of rotatable bonds is 21. The molecule has 0 aliphatic rings. The maximum Gasteiger partial charge on any atom is 0.408 e. The molecule has 0 bridgehead atoms. The first-order valence-corrected chi connectivity index (χ1v) is 21.7. The van der Waals surface area contributed by atoms with Crippen LogP contribution < -0.4 is 31.9 Å². The third-order valence-corrected chi connectivity index (χ3v) is 9.05. The summed E-state index contributed by atoms with van der Waals surface area (Å²) in [4.78, 5) is 81.2. The van der Waals surface area contributed by atoms with E-state index in [4.69, 9.17) is 14.2 Å². The van der Waals surface area contributed by atoms with E-state index in [1.165, 1.54) is 0 Å². The molecule has 0 saturated heterocycles.